The summed E-state index contributed by atoms with van der Waals surface area (Å²) in [6.07, 6.45) is 0. The molecule has 0 unspecified atom stereocenters. The van der Waals surface area contributed by atoms with E-state index < -0.39 is 5.69 Å². The average Bonchev–Trinajstić information content (AvgIpc) is 3.20. The first-order valence-corrected chi connectivity index (χ1v) is 10.9. The zero-order chi connectivity index (χ0) is 22.3. The molecule has 0 atom stereocenters. The molecule has 0 aliphatic heterocycles. The van der Waals surface area contributed by atoms with Crippen LogP contribution in [-0.2, 0) is 11.3 Å². The van der Waals surface area contributed by atoms with Crippen molar-refractivity contribution in [3.05, 3.63) is 90.4 Å². The molecule has 0 fully saturated rings. The fraction of sp³-hybridized carbons (Fsp3) is 0.174. The molecule has 8 heteroatoms. The van der Waals surface area contributed by atoms with Crippen LogP contribution in [0.4, 0.5) is 5.69 Å². The number of anilines is 1. The van der Waals surface area contributed by atoms with Crippen molar-refractivity contribution in [3.8, 4) is 5.69 Å². The van der Waals surface area contributed by atoms with Crippen molar-refractivity contribution in [1.29, 1.82) is 0 Å². The van der Waals surface area contributed by atoms with E-state index >= 15 is 0 Å². The lowest BCUT2D eigenvalue weighted by atomic mass is 10.1. The summed E-state index contributed by atoms with van der Waals surface area (Å²) in [6.45, 7) is 5.42. The SMILES string of the molecule is Cc1ccc(-n2c(=O)c3sccc3n(CC(=O)Nc3cc(Cl)ccc3C)c2=O)c(C)c1. The highest BCUT2D eigenvalue weighted by Gasteiger charge is 2.19. The molecule has 31 heavy (non-hydrogen) atoms. The number of carbonyl (C=O) groups excluding carboxylic acids is 1. The monoisotopic (exact) mass is 453 g/mol. The second-order valence-corrected chi connectivity index (χ2v) is 8.79. The Bertz CT molecular complexity index is 1450. The van der Waals surface area contributed by atoms with Crippen molar-refractivity contribution in [2.24, 2.45) is 0 Å². The summed E-state index contributed by atoms with van der Waals surface area (Å²) in [4.78, 5) is 39.3. The minimum atomic E-state index is -0.555. The van der Waals surface area contributed by atoms with E-state index in [0.29, 0.717) is 26.6 Å². The van der Waals surface area contributed by atoms with Gasteiger partial charge in [-0.2, -0.15) is 0 Å². The molecule has 1 N–H and O–H groups in total. The van der Waals surface area contributed by atoms with Gasteiger partial charge in [0, 0.05) is 10.7 Å². The van der Waals surface area contributed by atoms with Crippen molar-refractivity contribution in [1.82, 2.24) is 9.13 Å². The van der Waals surface area contributed by atoms with Crippen molar-refractivity contribution in [3.63, 3.8) is 0 Å². The summed E-state index contributed by atoms with van der Waals surface area (Å²) in [5.74, 6) is -0.384. The third-order valence-electron chi connectivity index (χ3n) is 5.12. The number of amides is 1. The molecule has 6 nitrogen and oxygen atoms in total. The Morgan fingerprint density at radius 1 is 1.03 bits per heavy atom. The Labute approximate surface area is 187 Å². The molecule has 0 spiro atoms. The fourth-order valence-electron chi connectivity index (χ4n) is 3.57. The van der Waals surface area contributed by atoms with E-state index in [4.69, 9.17) is 11.6 Å². The van der Waals surface area contributed by atoms with Gasteiger partial charge in [-0.05, 0) is 61.5 Å². The largest absolute Gasteiger partial charge is 0.336 e. The summed E-state index contributed by atoms with van der Waals surface area (Å²) < 4.78 is 2.90. The van der Waals surface area contributed by atoms with E-state index in [9.17, 15) is 14.4 Å². The van der Waals surface area contributed by atoms with Gasteiger partial charge in [-0.15, -0.1) is 11.3 Å². The van der Waals surface area contributed by atoms with Crippen LogP contribution in [0.25, 0.3) is 15.9 Å². The molecule has 4 aromatic rings. The Kier molecular flexibility index (Phi) is 5.56. The molecule has 2 aromatic carbocycles. The molecule has 0 radical (unpaired) electrons. The summed E-state index contributed by atoms with van der Waals surface area (Å²) >= 11 is 7.29. The number of benzene rings is 2. The van der Waals surface area contributed by atoms with Crippen LogP contribution in [0.1, 0.15) is 16.7 Å². The van der Waals surface area contributed by atoms with Gasteiger partial charge in [0.2, 0.25) is 5.91 Å². The van der Waals surface area contributed by atoms with Gasteiger partial charge in [0.25, 0.3) is 5.56 Å². The number of aromatic nitrogens is 2. The number of rotatable bonds is 4. The number of hydrogen-bond donors (Lipinski definition) is 1. The van der Waals surface area contributed by atoms with E-state index in [1.165, 1.54) is 15.9 Å². The molecule has 2 heterocycles. The number of fused-ring (bicyclic) bond motifs is 1. The van der Waals surface area contributed by atoms with E-state index in [-0.39, 0.29) is 18.0 Å². The van der Waals surface area contributed by atoms with Crippen molar-refractivity contribution < 1.29 is 4.79 Å². The molecule has 4 rings (SSSR count). The topological polar surface area (TPSA) is 73.1 Å². The van der Waals surface area contributed by atoms with Crippen LogP contribution in [0.5, 0.6) is 0 Å². The van der Waals surface area contributed by atoms with Crippen LogP contribution in [0.3, 0.4) is 0 Å². The van der Waals surface area contributed by atoms with Crippen LogP contribution in [0.15, 0.2) is 57.4 Å². The molecule has 0 bridgehead atoms. The summed E-state index contributed by atoms with van der Waals surface area (Å²) in [6, 6.07) is 12.4. The molecule has 2 aromatic heterocycles. The molecular formula is C23H20ClN3O3S. The lowest BCUT2D eigenvalue weighted by Crippen LogP contribution is -2.40. The maximum absolute atomic E-state index is 13.4. The van der Waals surface area contributed by atoms with Crippen molar-refractivity contribution in [2.75, 3.05) is 5.32 Å². The second kappa shape index (κ2) is 8.17. The van der Waals surface area contributed by atoms with Crippen LogP contribution < -0.4 is 16.6 Å². The lowest BCUT2D eigenvalue weighted by Gasteiger charge is -2.15. The lowest BCUT2D eigenvalue weighted by molar-refractivity contribution is -0.116. The minimum Gasteiger partial charge on any atom is -0.324 e. The van der Waals surface area contributed by atoms with Crippen molar-refractivity contribution in [2.45, 2.75) is 27.3 Å². The van der Waals surface area contributed by atoms with E-state index in [1.54, 1.807) is 29.6 Å². The highest BCUT2D eigenvalue weighted by atomic mass is 35.5. The minimum absolute atomic E-state index is 0.233. The van der Waals surface area contributed by atoms with Gasteiger partial charge in [0.1, 0.15) is 11.2 Å². The number of nitrogens with one attached hydrogen (secondary N) is 1. The highest BCUT2D eigenvalue weighted by molar-refractivity contribution is 7.17. The van der Waals surface area contributed by atoms with Gasteiger partial charge in [0.15, 0.2) is 0 Å². The first-order chi connectivity index (χ1) is 14.8. The van der Waals surface area contributed by atoms with E-state index in [1.807, 2.05) is 39.0 Å². The van der Waals surface area contributed by atoms with Gasteiger partial charge in [-0.3, -0.25) is 14.2 Å². The summed E-state index contributed by atoms with van der Waals surface area (Å²) in [5.41, 5.74) is 3.28. The van der Waals surface area contributed by atoms with Crippen molar-refractivity contribution >= 4 is 44.7 Å². The zero-order valence-corrected chi connectivity index (χ0v) is 18.8. The van der Waals surface area contributed by atoms with Gasteiger partial charge >= 0.3 is 5.69 Å². The number of thiophene rings is 1. The van der Waals surface area contributed by atoms with E-state index in [2.05, 4.69) is 5.32 Å². The van der Waals surface area contributed by atoms with E-state index in [0.717, 1.165) is 21.3 Å². The van der Waals surface area contributed by atoms with Crippen LogP contribution in [-0.4, -0.2) is 15.0 Å². The highest BCUT2D eigenvalue weighted by Crippen LogP contribution is 2.21. The Hall–Kier alpha value is -3.16. The third kappa shape index (κ3) is 3.94. The van der Waals surface area contributed by atoms with Crippen LogP contribution >= 0.6 is 22.9 Å². The van der Waals surface area contributed by atoms with Gasteiger partial charge in [0.05, 0.1) is 11.2 Å². The number of nitrogens with zero attached hydrogens (tertiary/aromatic N) is 2. The normalized spacial score (nSPS) is 11.1. The molecule has 0 saturated heterocycles. The van der Waals surface area contributed by atoms with Crippen LogP contribution in [0, 0.1) is 20.8 Å². The maximum Gasteiger partial charge on any atom is 0.336 e. The Morgan fingerprint density at radius 2 is 1.81 bits per heavy atom. The standard InChI is InChI=1S/C23H20ClN3O3S/c1-13-4-7-18(15(3)10-13)27-22(29)21-19(8-9-31-21)26(23(27)30)12-20(28)25-17-11-16(24)6-5-14(17)2/h4-11H,12H2,1-3H3,(H,25,28). The smallest absolute Gasteiger partial charge is 0.324 e. The predicted octanol–water partition coefficient (Wildman–Crippen LogP) is 4.43. The molecule has 0 aliphatic rings. The fourth-order valence-corrected chi connectivity index (χ4v) is 4.57. The number of hydrogen-bond acceptors (Lipinski definition) is 4. The van der Waals surface area contributed by atoms with Gasteiger partial charge < -0.3 is 5.32 Å². The molecule has 1 amide bonds. The predicted molar refractivity (Wildman–Crippen MR) is 126 cm³/mol. The quantitative estimate of drug-likeness (QED) is 0.496. The Balaban J connectivity index is 1.82. The van der Waals surface area contributed by atoms with Crippen LogP contribution in [0.2, 0.25) is 5.02 Å². The molecule has 0 saturated carbocycles. The zero-order valence-electron chi connectivity index (χ0n) is 17.2. The number of halogens is 1. The summed E-state index contributed by atoms with van der Waals surface area (Å²) in [7, 11) is 0. The maximum atomic E-state index is 13.4. The summed E-state index contributed by atoms with van der Waals surface area (Å²) in [5, 5.41) is 5.05. The first-order valence-electron chi connectivity index (χ1n) is 9.63. The number of aryl methyl sites for hydroxylation is 3. The molecule has 0 aliphatic carbocycles. The molecule has 158 valence electrons. The number of carbonyl (C=O) groups is 1. The molecular weight excluding hydrogens is 434 g/mol. The second-order valence-electron chi connectivity index (χ2n) is 7.44. The third-order valence-corrected chi connectivity index (χ3v) is 6.25. The van der Waals surface area contributed by atoms with Gasteiger partial charge in [-0.25, -0.2) is 9.36 Å². The Morgan fingerprint density at radius 3 is 2.55 bits per heavy atom. The van der Waals surface area contributed by atoms with Gasteiger partial charge in [-0.1, -0.05) is 35.4 Å². The average molecular weight is 454 g/mol. The first kappa shape index (κ1) is 21.1.